The number of rotatable bonds is 4. The van der Waals surface area contributed by atoms with Crippen LogP contribution >= 0.6 is 11.8 Å². The van der Waals surface area contributed by atoms with Gasteiger partial charge in [-0.3, -0.25) is 4.79 Å². The van der Waals surface area contributed by atoms with Crippen LogP contribution in [0.15, 0.2) is 58.5 Å². The number of aromatic amines is 1. The van der Waals surface area contributed by atoms with E-state index >= 15 is 0 Å². The summed E-state index contributed by atoms with van der Waals surface area (Å²) in [7, 11) is 0. The van der Waals surface area contributed by atoms with E-state index in [-0.39, 0.29) is 17.0 Å². The summed E-state index contributed by atoms with van der Waals surface area (Å²) in [4.78, 5) is 18.8. The van der Waals surface area contributed by atoms with Crippen LogP contribution in [0.25, 0.3) is 11.3 Å². The van der Waals surface area contributed by atoms with Gasteiger partial charge in [0.25, 0.3) is 5.56 Å². The van der Waals surface area contributed by atoms with Gasteiger partial charge in [0.1, 0.15) is 17.4 Å². The Morgan fingerprint density at radius 1 is 1.24 bits per heavy atom. The Morgan fingerprint density at radius 2 is 2.00 bits per heavy atom. The molecule has 0 aliphatic carbocycles. The van der Waals surface area contributed by atoms with Gasteiger partial charge in [0.15, 0.2) is 16.7 Å². The van der Waals surface area contributed by atoms with Crippen LogP contribution < -0.4 is 10.3 Å². The van der Waals surface area contributed by atoms with Gasteiger partial charge < -0.3 is 9.72 Å². The van der Waals surface area contributed by atoms with E-state index in [4.69, 9.17) is 4.74 Å². The van der Waals surface area contributed by atoms with Crippen molar-refractivity contribution in [1.29, 1.82) is 5.26 Å². The molecule has 3 aromatic rings. The Bertz CT molecular complexity index is 1010. The molecule has 0 fully saturated rings. The van der Waals surface area contributed by atoms with E-state index < -0.39 is 11.4 Å². The average Bonchev–Trinajstić information content (AvgIpc) is 2.63. The molecular formula is C18H12FN3O2S. The van der Waals surface area contributed by atoms with Crippen LogP contribution in [-0.4, -0.2) is 16.2 Å². The largest absolute Gasteiger partial charge is 0.454 e. The molecule has 0 atom stereocenters. The number of H-pyrrole nitrogens is 1. The molecule has 0 unspecified atom stereocenters. The lowest BCUT2D eigenvalue weighted by Crippen LogP contribution is -2.14. The topological polar surface area (TPSA) is 78.8 Å². The average molecular weight is 353 g/mol. The molecule has 1 N–H and O–H groups in total. The lowest BCUT2D eigenvalue weighted by molar-refractivity contribution is 0.442. The maximum atomic E-state index is 14.1. The molecule has 0 saturated carbocycles. The SMILES string of the molecule is CSc1nc(-c2ccc(F)c(Oc3ccccc3)c2)c(C#N)c(=O)[nH]1. The first kappa shape index (κ1) is 16.7. The highest BCUT2D eigenvalue weighted by atomic mass is 32.2. The molecule has 25 heavy (non-hydrogen) atoms. The molecule has 124 valence electrons. The van der Waals surface area contributed by atoms with E-state index in [2.05, 4.69) is 9.97 Å². The summed E-state index contributed by atoms with van der Waals surface area (Å²) in [5, 5.41) is 9.63. The molecule has 7 heteroatoms. The summed E-state index contributed by atoms with van der Waals surface area (Å²) in [5.41, 5.74) is -0.0550. The zero-order valence-corrected chi connectivity index (χ0v) is 13.9. The number of ether oxygens (including phenoxy) is 1. The smallest absolute Gasteiger partial charge is 0.270 e. The molecule has 0 aliphatic rings. The quantitative estimate of drug-likeness (QED) is 0.567. The van der Waals surface area contributed by atoms with E-state index in [0.29, 0.717) is 16.5 Å². The van der Waals surface area contributed by atoms with Gasteiger partial charge in [0.05, 0.1) is 5.69 Å². The second kappa shape index (κ2) is 7.20. The number of hydrogen-bond donors (Lipinski definition) is 1. The van der Waals surface area contributed by atoms with Gasteiger partial charge >= 0.3 is 0 Å². The van der Waals surface area contributed by atoms with Gasteiger partial charge in [-0.05, 0) is 36.6 Å². The third-order valence-corrected chi connectivity index (χ3v) is 3.96. The zero-order valence-electron chi connectivity index (χ0n) is 13.1. The number of aromatic nitrogens is 2. The van der Waals surface area contributed by atoms with Crippen molar-refractivity contribution in [3.63, 3.8) is 0 Å². The van der Waals surface area contributed by atoms with E-state index in [9.17, 15) is 14.4 Å². The Hall–Kier alpha value is -3.11. The van der Waals surface area contributed by atoms with Crippen LogP contribution in [0.4, 0.5) is 4.39 Å². The molecule has 2 aromatic carbocycles. The highest BCUT2D eigenvalue weighted by molar-refractivity contribution is 7.98. The first-order valence-electron chi connectivity index (χ1n) is 7.23. The van der Waals surface area contributed by atoms with Crippen LogP contribution in [0, 0.1) is 17.1 Å². The van der Waals surface area contributed by atoms with Crippen molar-refractivity contribution < 1.29 is 9.13 Å². The number of para-hydroxylation sites is 1. The fourth-order valence-electron chi connectivity index (χ4n) is 2.21. The molecule has 1 aromatic heterocycles. The third kappa shape index (κ3) is 3.54. The van der Waals surface area contributed by atoms with Crippen LogP contribution in [0.2, 0.25) is 0 Å². The van der Waals surface area contributed by atoms with Crippen LogP contribution in [-0.2, 0) is 0 Å². The summed E-state index contributed by atoms with van der Waals surface area (Å²) in [6, 6.07) is 14.7. The Kier molecular flexibility index (Phi) is 4.82. The molecule has 0 radical (unpaired) electrons. The molecule has 0 spiro atoms. The van der Waals surface area contributed by atoms with E-state index in [1.54, 1.807) is 30.5 Å². The van der Waals surface area contributed by atoms with Crippen molar-refractivity contribution >= 4 is 11.8 Å². The predicted octanol–water partition coefficient (Wildman–Crippen LogP) is 3.96. The van der Waals surface area contributed by atoms with Gasteiger partial charge in [0, 0.05) is 5.56 Å². The molecule has 3 rings (SSSR count). The van der Waals surface area contributed by atoms with Crippen molar-refractivity contribution in [1.82, 2.24) is 9.97 Å². The Balaban J connectivity index is 2.10. The lowest BCUT2D eigenvalue weighted by Gasteiger charge is -2.10. The maximum Gasteiger partial charge on any atom is 0.270 e. The molecular weight excluding hydrogens is 341 g/mol. The number of nitrogens with zero attached hydrogens (tertiary/aromatic N) is 2. The van der Waals surface area contributed by atoms with E-state index in [1.165, 1.54) is 30.0 Å². The normalized spacial score (nSPS) is 10.3. The highest BCUT2D eigenvalue weighted by Gasteiger charge is 2.15. The number of nitriles is 1. The first-order valence-corrected chi connectivity index (χ1v) is 8.46. The Labute approximate surface area is 147 Å². The number of benzene rings is 2. The van der Waals surface area contributed by atoms with Crippen molar-refractivity contribution in [3.8, 4) is 28.8 Å². The standard InChI is InChI=1S/C18H12FN3O2S/c1-25-18-21-16(13(10-20)17(23)22-18)11-7-8-14(19)15(9-11)24-12-5-3-2-4-6-12/h2-9H,1H3,(H,21,22,23). The van der Waals surface area contributed by atoms with Crippen molar-refractivity contribution in [2.75, 3.05) is 6.26 Å². The summed E-state index contributed by atoms with van der Waals surface area (Å²) in [6.07, 6.45) is 1.75. The molecule has 0 amide bonds. The summed E-state index contributed by atoms with van der Waals surface area (Å²) in [6.45, 7) is 0. The molecule has 1 heterocycles. The predicted molar refractivity (Wildman–Crippen MR) is 93.3 cm³/mol. The molecule has 5 nitrogen and oxygen atoms in total. The minimum Gasteiger partial charge on any atom is -0.454 e. The third-order valence-electron chi connectivity index (χ3n) is 3.38. The molecule has 0 saturated heterocycles. The summed E-state index contributed by atoms with van der Waals surface area (Å²) >= 11 is 1.24. The van der Waals surface area contributed by atoms with Crippen LogP contribution in [0.1, 0.15) is 5.56 Å². The highest BCUT2D eigenvalue weighted by Crippen LogP contribution is 2.30. The van der Waals surface area contributed by atoms with Crippen molar-refractivity contribution in [2.45, 2.75) is 5.16 Å². The first-order chi connectivity index (χ1) is 12.1. The zero-order chi connectivity index (χ0) is 17.8. The number of halogens is 1. The van der Waals surface area contributed by atoms with Gasteiger partial charge in [-0.2, -0.15) is 5.26 Å². The minimum absolute atomic E-state index is 0.0135. The van der Waals surface area contributed by atoms with Gasteiger partial charge in [-0.25, -0.2) is 9.37 Å². The molecule has 0 bridgehead atoms. The minimum atomic E-state index is -0.555. The fourth-order valence-corrected chi connectivity index (χ4v) is 2.58. The van der Waals surface area contributed by atoms with Crippen molar-refractivity contribution in [2.24, 2.45) is 0 Å². The molecule has 0 aliphatic heterocycles. The summed E-state index contributed by atoms with van der Waals surface area (Å²) in [5.74, 6) is -0.0934. The van der Waals surface area contributed by atoms with E-state index in [0.717, 1.165) is 0 Å². The van der Waals surface area contributed by atoms with Crippen molar-refractivity contribution in [3.05, 3.63) is 70.3 Å². The van der Waals surface area contributed by atoms with Gasteiger partial charge in [-0.15, -0.1) is 0 Å². The maximum absolute atomic E-state index is 14.1. The van der Waals surface area contributed by atoms with Gasteiger partial charge in [-0.1, -0.05) is 30.0 Å². The number of hydrogen-bond acceptors (Lipinski definition) is 5. The second-order valence-electron chi connectivity index (χ2n) is 4.97. The monoisotopic (exact) mass is 353 g/mol. The second-order valence-corrected chi connectivity index (χ2v) is 5.77. The van der Waals surface area contributed by atoms with Crippen LogP contribution in [0.5, 0.6) is 11.5 Å². The number of nitrogens with one attached hydrogen (secondary N) is 1. The van der Waals surface area contributed by atoms with Crippen LogP contribution in [0.3, 0.4) is 0 Å². The van der Waals surface area contributed by atoms with E-state index in [1.807, 2.05) is 12.1 Å². The fraction of sp³-hybridized carbons (Fsp3) is 0.0556. The number of thioether (sulfide) groups is 1. The lowest BCUT2D eigenvalue weighted by atomic mass is 10.1. The Morgan fingerprint density at radius 3 is 2.68 bits per heavy atom. The summed E-state index contributed by atoms with van der Waals surface area (Å²) < 4.78 is 19.7. The van der Waals surface area contributed by atoms with Gasteiger partial charge in [0.2, 0.25) is 0 Å².